The molecule has 2 amide bonds. The van der Waals surface area contributed by atoms with E-state index in [-0.39, 0.29) is 12.5 Å². The molecule has 0 bridgehead atoms. The number of hydrogen-bond donors (Lipinski definition) is 1. The summed E-state index contributed by atoms with van der Waals surface area (Å²) in [6, 6.07) is 29.4. The molecule has 0 aromatic heterocycles. The molecule has 1 unspecified atom stereocenters. The normalized spacial score (nSPS) is 12.1. The van der Waals surface area contributed by atoms with E-state index in [0.29, 0.717) is 18.7 Å². The Kier molecular flexibility index (Phi) is 10.4. The van der Waals surface area contributed by atoms with E-state index in [1.807, 2.05) is 98.8 Å². The molecular weight excluding hydrogens is 546 g/mol. The summed E-state index contributed by atoms with van der Waals surface area (Å²) in [6.07, 6.45) is 3.14. The van der Waals surface area contributed by atoms with E-state index in [1.54, 1.807) is 12.1 Å². The smallest absolute Gasteiger partial charge is 0.244 e. The summed E-state index contributed by atoms with van der Waals surface area (Å²) in [4.78, 5) is 29.6. The second-order valence-electron chi connectivity index (χ2n) is 10.6. The monoisotopic (exact) mass is 585 g/mol. The average molecular weight is 586 g/mol. The van der Waals surface area contributed by atoms with Crippen molar-refractivity contribution in [3.63, 3.8) is 0 Å². The molecule has 1 N–H and O–H groups in total. The lowest BCUT2D eigenvalue weighted by Gasteiger charge is -2.33. The Bertz CT molecular complexity index is 1620. The van der Waals surface area contributed by atoms with Crippen LogP contribution in [0.1, 0.15) is 36.5 Å². The summed E-state index contributed by atoms with van der Waals surface area (Å²) in [5.74, 6) is -0.717. The number of carbonyl (C=O) groups excluding carboxylic acids is 2. The van der Waals surface area contributed by atoms with Gasteiger partial charge < -0.3 is 10.2 Å². The van der Waals surface area contributed by atoms with Crippen molar-refractivity contribution in [1.82, 2.24) is 10.2 Å². The predicted octanol–water partition coefficient (Wildman–Crippen LogP) is 5.47. The maximum absolute atomic E-state index is 14.3. The van der Waals surface area contributed by atoms with E-state index in [9.17, 15) is 18.0 Å². The van der Waals surface area contributed by atoms with E-state index in [1.165, 1.54) is 4.90 Å². The fourth-order valence-electron chi connectivity index (χ4n) is 5.09. The van der Waals surface area contributed by atoms with Crippen LogP contribution in [0, 0.1) is 6.92 Å². The van der Waals surface area contributed by atoms with E-state index in [4.69, 9.17) is 0 Å². The Morgan fingerprint density at radius 1 is 0.857 bits per heavy atom. The summed E-state index contributed by atoms with van der Waals surface area (Å²) < 4.78 is 27.5. The zero-order valence-electron chi connectivity index (χ0n) is 24.5. The van der Waals surface area contributed by atoms with Crippen molar-refractivity contribution >= 4 is 38.3 Å². The molecule has 220 valence electrons. The van der Waals surface area contributed by atoms with Gasteiger partial charge in [0, 0.05) is 24.9 Å². The largest absolute Gasteiger partial charge is 0.354 e. The first-order valence-electron chi connectivity index (χ1n) is 14.3. The third kappa shape index (κ3) is 7.97. The van der Waals surface area contributed by atoms with E-state index < -0.39 is 28.5 Å². The summed E-state index contributed by atoms with van der Waals surface area (Å²) >= 11 is 0. The van der Waals surface area contributed by atoms with Gasteiger partial charge in [0.2, 0.25) is 21.8 Å². The molecule has 0 saturated carbocycles. The number of unbranched alkanes of at least 4 members (excludes halogenated alkanes) is 1. The first-order valence-corrected chi connectivity index (χ1v) is 16.1. The maximum Gasteiger partial charge on any atom is 0.244 e. The SMILES string of the molecule is CCCCNC(=O)C(Cc1ccccc1)N(Cc1cccc(C)c1)C(=O)CN(c1cccc2ccccc12)S(C)(=O)=O. The van der Waals surface area contributed by atoms with Gasteiger partial charge in [-0.1, -0.05) is 110 Å². The van der Waals surface area contributed by atoms with Crippen molar-refractivity contribution in [1.29, 1.82) is 0 Å². The minimum absolute atomic E-state index is 0.159. The van der Waals surface area contributed by atoms with Gasteiger partial charge in [0.25, 0.3) is 0 Å². The number of fused-ring (bicyclic) bond motifs is 1. The zero-order valence-corrected chi connectivity index (χ0v) is 25.3. The summed E-state index contributed by atoms with van der Waals surface area (Å²) in [7, 11) is -3.85. The van der Waals surface area contributed by atoms with Gasteiger partial charge in [-0.05, 0) is 35.9 Å². The van der Waals surface area contributed by atoms with Crippen molar-refractivity contribution in [3.8, 4) is 0 Å². The topological polar surface area (TPSA) is 86.8 Å². The van der Waals surface area contributed by atoms with Gasteiger partial charge in [-0.25, -0.2) is 8.42 Å². The fourth-order valence-corrected chi connectivity index (χ4v) is 5.95. The van der Waals surface area contributed by atoms with Crippen molar-refractivity contribution in [2.45, 2.75) is 45.7 Å². The van der Waals surface area contributed by atoms with Gasteiger partial charge in [0.05, 0.1) is 11.9 Å². The van der Waals surface area contributed by atoms with Crippen LogP contribution in [-0.4, -0.2) is 50.5 Å². The number of nitrogens with one attached hydrogen (secondary N) is 1. The summed E-state index contributed by atoms with van der Waals surface area (Å²) in [5, 5.41) is 4.60. The molecule has 4 aromatic rings. The number of benzene rings is 4. The quantitative estimate of drug-likeness (QED) is 0.211. The molecule has 7 nitrogen and oxygen atoms in total. The number of anilines is 1. The highest BCUT2D eigenvalue weighted by atomic mass is 32.2. The van der Waals surface area contributed by atoms with Crippen molar-refractivity contribution in [2.75, 3.05) is 23.7 Å². The molecular formula is C34H39N3O4S. The first kappa shape index (κ1) is 30.8. The van der Waals surface area contributed by atoms with Crippen LogP contribution in [0.4, 0.5) is 5.69 Å². The van der Waals surface area contributed by atoms with Crippen molar-refractivity contribution in [3.05, 3.63) is 114 Å². The molecule has 0 fully saturated rings. The molecule has 1 atom stereocenters. The van der Waals surface area contributed by atoms with Gasteiger partial charge >= 0.3 is 0 Å². The molecule has 0 aliphatic carbocycles. The zero-order chi connectivity index (χ0) is 30.1. The molecule has 8 heteroatoms. The number of hydrogen-bond acceptors (Lipinski definition) is 4. The molecule has 0 saturated heterocycles. The van der Waals surface area contributed by atoms with Crippen molar-refractivity contribution < 1.29 is 18.0 Å². The molecule has 0 heterocycles. The van der Waals surface area contributed by atoms with Crippen molar-refractivity contribution in [2.24, 2.45) is 0 Å². The van der Waals surface area contributed by atoms with Gasteiger partial charge in [0.15, 0.2) is 0 Å². The van der Waals surface area contributed by atoms with Crippen LogP contribution in [-0.2, 0) is 32.6 Å². The first-order chi connectivity index (χ1) is 20.2. The second kappa shape index (κ2) is 14.1. The van der Waals surface area contributed by atoms with Crippen LogP contribution < -0.4 is 9.62 Å². The highest BCUT2D eigenvalue weighted by Gasteiger charge is 2.33. The molecule has 4 rings (SSSR count). The van der Waals surface area contributed by atoms with Crippen LogP contribution in [0.25, 0.3) is 10.8 Å². The minimum Gasteiger partial charge on any atom is -0.354 e. The summed E-state index contributed by atoms with van der Waals surface area (Å²) in [5.41, 5.74) is 3.22. The predicted molar refractivity (Wildman–Crippen MR) is 170 cm³/mol. The number of nitrogens with zero attached hydrogens (tertiary/aromatic N) is 2. The molecule has 42 heavy (non-hydrogen) atoms. The molecule has 4 aromatic carbocycles. The lowest BCUT2D eigenvalue weighted by atomic mass is 10.0. The number of aryl methyl sites for hydroxylation is 1. The van der Waals surface area contributed by atoms with Gasteiger partial charge in [-0.3, -0.25) is 13.9 Å². The lowest BCUT2D eigenvalue weighted by molar-refractivity contribution is -0.140. The number of carbonyl (C=O) groups is 2. The van der Waals surface area contributed by atoms with Crippen LogP contribution in [0.3, 0.4) is 0 Å². The minimum atomic E-state index is -3.85. The number of sulfonamides is 1. The van der Waals surface area contributed by atoms with Crippen LogP contribution >= 0.6 is 0 Å². The third-order valence-corrected chi connectivity index (χ3v) is 8.38. The van der Waals surface area contributed by atoms with Gasteiger partial charge in [-0.15, -0.1) is 0 Å². The number of rotatable bonds is 13. The van der Waals surface area contributed by atoms with Crippen LogP contribution in [0.15, 0.2) is 97.1 Å². The Hall–Kier alpha value is -4.17. The highest BCUT2D eigenvalue weighted by molar-refractivity contribution is 7.92. The molecule has 0 spiro atoms. The number of amides is 2. The van der Waals surface area contributed by atoms with E-state index in [2.05, 4.69) is 5.32 Å². The van der Waals surface area contributed by atoms with Crippen LogP contribution in [0.5, 0.6) is 0 Å². The molecule has 0 aliphatic rings. The Balaban J connectivity index is 1.76. The highest BCUT2D eigenvalue weighted by Crippen LogP contribution is 2.29. The van der Waals surface area contributed by atoms with E-state index >= 15 is 0 Å². The molecule has 0 aliphatic heterocycles. The fraction of sp³-hybridized carbons (Fsp3) is 0.294. The van der Waals surface area contributed by atoms with E-state index in [0.717, 1.165) is 50.9 Å². The summed E-state index contributed by atoms with van der Waals surface area (Å²) in [6.45, 7) is 4.24. The van der Waals surface area contributed by atoms with Crippen LogP contribution in [0.2, 0.25) is 0 Å². The Morgan fingerprint density at radius 3 is 2.24 bits per heavy atom. The Morgan fingerprint density at radius 2 is 1.52 bits per heavy atom. The Labute approximate surface area is 249 Å². The van der Waals surface area contributed by atoms with Gasteiger partial charge in [0.1, 0.15) is 12.6 Å². The maximum atomic E-state index is 14.3. The average Bonchev–Trinajstić information content (AvgIpc) is 2.97. The second-order valence-corrected chi connectivity index (χ2v) is 12.5. The molecule has 0 radical (unpaired) electrons. The third-order valence-electron chi connectivity index (χ3n) is 7.25. The van der Waals surface area contributed by atoms with Gasteiger partial charge in [-0.2, -0.15) is 0 Å². The lowest BCUT2D eigenvalue weighted by Crippen LogP contribution is -2.53. The standard InChI is InChI=1S/C34H39N3O4S/c1-4-5-21-35-34(39)32(23-27-14-7-6-8-15-27)36(24-28-16-11-13-26(2)22-28)33(38)25-37(42(3,40)41)31-20-12-18-29-17-9-10-19-30(29)31/h6-20,22,32H,4-5,21,23-25H2,1-3H3,(H,35,39).